The summed E-state index contributed by atoms with van der Waals surface area (Å²) in [5, 5.41) is 0. The highest BCUT2D eigenvalue weighted by Gasteiger charge is 2.07. The second kappa shape index (κ2) is 6.83. The van der Waals surface area contributed by atoms with Crippen LogP contribution in [0.2, 0.25) is 0 Å². The number of rotatable bonds is 6. The van der Waals surface area contributed by atoms with E-state index in [-0.39, 0.29) is 7.69 Å². The topological polar surface area (TPSA) is 62.7 Å². The molecule has 0 N–H and O–H groups in total. The van der Waals surface area contributed by atoms with Gasteiger partial charge >= 0.3 is 7.69 Å². The third kappa shape index (κ3) is 3.78. The standard InChI is InChI=1S/C14H17BN2O4/c1-9-5-13(18-3)16-7-11(9)20-15-21-12-8-17-14(19-4)6-10(12)2/h5-8,15H,1-4H3. The average Bonchev–Trinajstić information content (AvgIpc) is 2.50. The number of aryl methyl sites for hydroxylation is 2. The zero-order valence-corrected chi connectivity index (χ0v) is 12.5. The normalized spacial score (nSPS) is 9.90. The van der Waals surface area contributed by atoms with E-state index in [1.807, 2.05) is 13.8 Å². The van der Waals surface area contributed by atoms with Crippen LogP contribution in [0.15, 0.2) is 24.5 Å². The lowest BCUT2D eigenvalue weighted by atomic mass is 10.2. The molecule has 0 unspecified atom stereocenters. The van der Waals surface area contributed by atoms with Crippen molar-refractivity contribution in [1.82, 2.24) is 9.97 Å². The van der Waals surface area contributed by atoms with Crippen LogP contribution in [0.4, 0.5) is 0 Å². The molecule has 0 spiro atoms. The molecular formula is C14H17BN2O4. The van der Waals surface area contributed by atoms with E-state index in [2.05, 4.69) is 9.97 Å². The highest BCUT2D eigenvalue weighted by atomic mass is 16.6. The average molecular weight is 288 g/mol. The predicted octanol–water partition coefficient (Wildman–Crippen LogP) is 1.83. The molecule has 0 saturated heterocycles. The maximum absolute atomic E-state index is 5.55. The van der Waals surface area contributed by atoms with Gasteiger partial charge in [-0.1, -0.05) is 0 Å². The number of pyridine rings is 2. The van der Waals surface area contributed by atoms with E-state index in [0.29, 0.717) is 23.3 Å². The SMILES string of the molecule is COc1cc(C)c(OBOc2cnc(OC)cc2C)cn1. The molecule has 2 rings (SSSR count). The Bertz CT molecular complexity index is 568. The van der Waals surface area contributed by atoms with Crippen LogP contribution in [0.3, 0.4) is 0 Å². The molecule has 0 saturated carbocycles. The van der Waals surface area contributed by atoms with Gasteiger partial charge in [0.05, 0.1) is 26.6 Å². The van der Waals surface area contributed by atoms with Gasteiger partial charge in [0.1, 0.15) is 11.5 Å². The molecule has 6 nitrogen and oxygen atoms in total. The van der Waals surface area contributed by atoms with Gasteiger partial charge in [0.2, 0.25) is 11.8 Å². The highest BCUT2D eigenvalue weighted by molar-refractivity contribution is 6.20. The Kier molecular flexibility index (Phi) is 4.87. The zero-order chi connectivity index (χ0) is 15.2. The lowest BCUT2D eigenvalue weighted by molar-refractivity contribution is 0.392. The van der Waals surface area contributed by atoms with Crippen molar-refractivity contribution in [2.75, 3.05) is 14.2 Å². The smallest absolute Gasteiger partial charge is 0.527 e. The van der Waals surface area contributed by atoms with Gasteiger partial charge in [0.15, 0.2) is 0 Å². The molecule has 0 radical (unpaired) electrons. The first-order valence-electron chi connectivity index (χ1n) is 6.41. The Labute approximate surface area is 124 Å². The van der Waals surface area contributed by atoms with Crippen LogP contribution in [-0.4, -0.2) is 31.9 Å². The number of nitrogens with zero attached hydrogens (tertiary/aromatic N) is 2. The lowest BCUT2D eigenvalue weighted by Gasteiger charge is -2.11. The van der Waals surface area contributed by atoms with Crippen LogP contribution in [0.5, 0.6) is 23.3 Å². The van der Waals surface area contributed by atoms with E-state index in [0.717, 1.165) is 11.1 Å². The molecule has 0 bridgehead atoms. The Morgan fingerprint density at radius 2 is 1.24 bits per heavy atom. The van der Waals surface area contributed by atoms with Crippen LogP contribution < -0.4 is 18.8 Å². The fourth-order valence-corrected chi connectivity index (χ4v) is 1.72. The van der Waals surface area contributed by atoms with Gasteiger partial charge < -0.3 is 18.8 Å². The summed E-state index contributed by atoms with van der Waals surface area (Å²) in [5.74, 6) is 2.40. The minimum Gasteiger partial charge on any atom is -0.527 e. The number of aromatic nitrogens is 2. The molecule has 0 amide bonds. The summed E-state index contributed by atoms with van der Waals surface area (Å²) in [6.45, 7) is 3.83. The van der Waals surface area contributed by atoms with Gasteiger partial charge in [-0.3, -0.25) is 0 Å². The first-order chi connectivity index (χ1) is 10.1. The number of ether oxygens (including phenoxy) is 2. The van der Waals surface area contributed by atoms with Gasteiger partial charge in [0, 0.05) is 12.1 Å². The lowest BCUT2D eigenvalue weighted by Crippen LogP contribution is -2.12. The van der Waals surface area contributed by atoms with E-state index in [1.165, 1.54) is 0 Å². The van der Waals surface area contributed by atoms with Gasteiger partial charge in [-0.05, 0) is 25.0 Å². The predicted molar refractivity (Wildman–Crippen MR) is 79.5 cm³/mol. The van der Waals surface area contributed by atoms with Crippen LogP contribution in [0.25, 0.3) is 0 Å². The van der Waals surface area contributed by atoms with Crippen molar-refractivity contribution >= 4 is 7.69 Å². The number of hydrogen-bond acceptors (Lipinski definition) is 6. The molecule has 0 aliphatic rings. The summed E-state index contributed by atoms with van der Waals surface area (Å²) in [6.07, 6.45) is 3.22. The van der Waals surface area contributed by atoms with Crippen LogP contribution >= 0.6 is 0 Å². The minimum absolute atomic E-state index is 0.0731. The van der Waals surface area contributed by atoms with E-state index >= 15 is 0 Å². The number of hydrogen-bond donors (Lipinski definition) is 0. The van der Waals surface area contributed by atoms with Gasteiger partial charge in [0.25, 0.3) is 0 Å². The Morgan fingerprint density at radius 1 is 0.810 bits per heavy atom. The molecule has 110 valence electrons. The quantitative estimate of drug-likeness (QED) is 0.756. The summed E-state index contributed by atoms with van der Waals surface area (Å²) in [6, 6.07) is 3.60. The molecule has 2 heterocycles. The molecule has 0 atom stereocenters. The van der Waals surface area contributed by atoms with Crippen molar-refractivity contribution < 1.29 is 18.8 Å². The van der Waals surface area contributed by atoms with Crippen LogP contribution in [0, 0.1) is 13.8 Å². The van der Waals surface area contributed by atoms with E-state index in [1.54, 1.807) is 38.7 Å². The second-order valence-electron chi connectivity index (χ2n) is 4.39. The Balaban J connectivity index is 1.95. The molecule has 0 aliphatic carbocycles. The van der Waals surface area contributed by atoms with Gasteiger partial charge in [-0.2, -0.15) is 0 Å². The first-order valence-corrected chi connectivity index (χ1v) is 6.41. The maximum Gasteiger partial charge on any atom is 0.576 e. The van der Waals surface area contributed by atoms with Crippen molar-refractivity contribution in [3.63, 3.8) is 0 Å². The fourth-order valence-electron chi connectivity index (χ4n) is 1.72. The van der Waals surface area contributed by atoms with Crippen molar-refractivity contribution in [3.05, 3.63) is 35.7 Å². The molecule has 2 aromatic rings. The molecule has 2 aromatic heterocycles. The van der Waals surface area contributed by atoms with E-state index in [9.17, 15) is 0 Å². The zero-order valence-electron chi connectivity index (χ0n) is 12.5. The summed E-state index contributed by atoms with van der Waals surface area (Å²) in [5.41, 5.74) is 1.85. The van der Waals surface area contributed by atoms with E-state index < -0.39 is 0 Å². The van der Waals surface area contributed by atoms with Crippen molar-refractivity contribution in [2.24, 2.45) is 0 Å². The van der Waals surface area contributed by atoms with Crippen molar-refractivity contribution in [3.8, 4) is 23.3 Å². The molecule has 0 aliphatic heterocycles. The minimum atomic E-state index is 0.0731. The van der Waals surface area contributed by atoms with Crippen molar-refractivity contribution in [2.45, 2.75) is 13.8 Å². The maximum atomic E-state index is 5.55. The van der Waals surface area contributed by atoms with E-state index in [4.69, 9.17) is 18.8 Å². The molecule has 21 heavy (non-hydrogen) atoms. The van der Waals surface area contributed by atoms with Crippen molar-refractivity contribution in [1.29, 1.82) is 0 Å². The third-order valence-corrected chi connectivity index (χ3v) is 2.92. The van der Waals surface area contributed by atoms with Gasteiger partial charge in [-0.25, -0.2) is 9.97 Å². The second-order valence-corrected chi connectivity index (χ2v) is 4.39. The fraction of sp³-hybridized carbons (Fsp3) is 0.286. The highest BCUT2D eigenvalue weighted by Crippen LogP contribution is 2.22. The summed E-state index contributed by atoms with van der Waals surface area (Å²) in [4.78, 5) is 8.18. The third-order valence-electron chi connectivity index (χ3n) is 2.92. The molecule has 7 heteroatoms. The molecule has 0 fully saturated rings. The summed E-state index contributed by atoms with van der Waals surface area (Å²) >= 11 is 0. The van der Waals surface area contributed by atoms with Crippen LogP contribution in [0.1, 0.15) is 11.1 Å². The first kappa shape index (κ1) is 15.0. The summed E-state index contributed by atoms with van der Waals surface area (Å²) < 4.78 is 21.2. The molecular weight excluding hydrogens is 271 g/mol. The van der Waals surface area contributed by atoms with Crippen LogP contribution in [-0.2, 0) is 0 Å². The Hall–Kier alpha value is -2.44. The Morgan fingerprint density at radius 3 is 1.57 bits per heavy atom. The van der Waals surface area contributed by atoms with Gasteiger partial charge in [-0.15, -0.1) is 0 Å². The number of methoxy groups -OCH3 is 2. The largest absolute Gasteiger partial charge is 0.576 e. The summed E-state index contributed by atoms with van der Waals surface area (Å²) in [7, 11) is 3.22. The monoisotopic (exact) mass is 288 g/mol. The molecule has 0 aromatic carbocycles.